The molecule has 118 valence electrons. The lowest BCUT2D eigenvalue weighted by molar-refractivity contribution is -0.137. The van der Waals surface area contributed by atoms with E-state index in [0.29, 0.717) is 18.9 Å². The van der Waals surface area contributed by atoms with Crippen LogP contribution in [0.5, 0.6) is 0 Å². The minimum Gasteiger partial charge on any atom is -0.354 e. The largest absolute Gasteiger partial charge is 0.416 e. The summed E-state index contributed by atoms with van der Waals surface area (Å²) >= 11 is 0. The van der Waals surface area contributed by atoms with E-state index in [1.54, 1.807) is 0 Å². The molecule has 0 bridgehead atoms. The monoisotopic (exact) mass is 303 g/mol. The highest BCUT2D eigenvalue weighted by molar-refractivity contribution is 5.51. The van der Waals surface area contributed by atoms with Crippen LogP contribution in [0.25, 0.3) is 0 Å². The van der Waals surface area contributed by atoms with Crippen LogP contribution in [0.2, 0.25) is 0 Å². The van der Waals surface area contributed by atoms with Gasteiger partial charge in [-0.25, -0.2) is 10.8 Å². The molecule has 0 saturated carbocycles. The van der Waals surface area contributed by atoms with E-state index in [4.69, 9.17) is 5.84 Å². The van der Waals surface area contributed by atoms with Gasteiger partial charge in [-0.15, -0.1) is 0 Å². The summed E-state index contributed by atoms with van der Waals surface area (Å²) < 4.78 is 38.7. The number of pyridine rings is 1. The molecule has 0 amide bonds. The predicted molar refractivity (Wildman–Crippen MR) is 76.0 cm³/mol. The summed E-state index contributed by atoms with van der Waals surface area (Å²) in [5.74, 6) is 5.55. The van der Waals surface area contributed by atoms with Gasteiger partial charge in [0.05, 0.1) is 5.56 Å². The molecule has 0 atom stereocenters. The first-order chi connectivity index (χ1) is 9.94. The van der Waals surface area contributed by atoms with Crippen LogP contribution in [0.4, 0.5) is 24.8 Å². The Hall–Kier alpha value is -1.54. The lowest BCUT2D eigenvalue weighted by Gasteiger charge is -2.35. The van der Waals surface area contributed by atoms with Crippen molar-refractivity contribution in [3.05, 3.63) is 17.7 Å². The van der Waals surface area contributed by atoms with Gasteiger partial charge in [-0.2, -0.15) is 13.2 Å². The number of aromatic nitrogens is 1. The Balaban J connectivity index is 2.16. The molecule has 5 nitrogen and oxygen atoms in total. The second-order valence-electron chi connectivity index (χ2n) is 5.07. The molecule has 1 aromatic heterocycles. The smallest absolute Gasteiger partial charge is 0.354 e. The van der Waals surface area contributed by atoms with Crippen LogP contribution < -0.4 is 16.2 Å². The summed E-state index contributed by atoms with van der Waals surface area (Å²) in [4.78, 5) is 8.29. The standard InChI is InChI=1S/C13H20F3N5/c1-2-3-20-4-6-21(7-5-20)12-9-10(13(14,15)16)8-11(18-12)19-17/h8-9H,2-7,17H2,1H3,(H,18,19). The Morgan fingerprint density at radius 1 is 1.24 bits per heavy atom. The van der Waals surface area contributed by atoms with Crippen molar-refractivity contribution in [2.45, 2.75) is 19.5 Å². The van der Waals surface area contributed by atoms with E-state index in [9.17, 15) is 13.2 Å². The molecular formula is C13H20F3N5. The van der Waals surface area contributed by atoms with E-state index in [-0.39, 0.29) is 5.82 Å². The molecule has 1 saturated heterocycles. The molecule has 3 N–H and O–H groups in total. The van der Waals surface area contributed by atoms with E-state index in [1.807, 2.05) is 4.90 Å². The number of hydrogen-bond acceptors (Lipinski definition) is 5. The maximum absolute atomic E-state index is 12.9. The Bertz CT molecular complexity index is 469. The first kappa shape index (κ1) is 15.8. The Morgan fingerprint density at radius 3 is 2.43 bits per heavy atom. The third-order valence-corrected chi connectivity index (χ3v) is 3.52. The molecule has 1 aliphatic rings. The number of hydrazine groups is 1. The van der Waals surface area contributed by atoms with Crippen molar-refractivity contribution >= 4 is 11.6 Å². The second kappa shape index (κ2) is 6.48. The van der Waals surface area contributed by atoms with Crippen LogP contribution in [0.3, 0.4) is 0 Å². The molecule has 0 radical (unpaired) electrons. The fraction of sp³-hybridized carbons (Fsp3) is 0.615. The molecule has 0 spiro atoms. The van der Waals surface area contributed by atoms with Crippen molar-refractivity contribution in [2.24, 2.45) is 5.84 Å². The van der Waals surface area contributed by atoms with Gasteiger partial charge in [0.25, 0.3) is 0 Å². The van der Waals surface area contributed by atoms with E-state index < -0.39 is 11.7 Å². The van der Waals surface area contributed by atoms with Crippen LogP contribution in [-0.2, 0) is 6.18 Å². The molecule has 0 aromatic carbocycles. The van der Waals surface area contributed by atoms with Crippen LogP contribution in [0, 0.1) is 0 Å². The number of nitrogens with two attached hydrogens (primary N) is 1. The Labute approximate surface area is 121 Å². The highest BCUT2D eigenvalue weighted by atomic mass is 19.4. The molecule has 1 fully saturated rings. The van der Waals surface area contributed by atoms with Crippen LogP contribution >= 0.6 is 0 Å². The van der Waals surface area contributed by atoms with Gasteiger partial charge in [-0.1, -0.05) is 6.92 Å². The fourth-order valence-electron chi connectivity index (χ4n) is 2.43. The second-order valence-corrected chi connectivity index (χ2v) is 5.07. The summed E-state index contributed by atoms with van der Waals surface area (Å²) in [5.41, 5.74) is 1.46. The maximum Gasteiger partial charge on any atom is 0.416 e. The highest BCUT2D eigenvalue weighted by Crippen LogP contribution is 2.32. The fourth-order valence-corrected chi connectivity index (χ4v) is 2.43. The summed E-state index contributed by atoms with van der Waals surface area (Å²) in [6, 6.07) is 1.99. The highest BCUT2D eigenvalue weighted by Gasteiger charge is 2.32. The van der Waals surface area contributed by atoms with E-state index in [1.165, 1.54) is 0 Å². The minimum atomic E-state index is -4.41. The SMILES string of the molecule is CCCN1CCN(c2cc(C(F)(F)F)cc(NN)n2)CC1. The summed E-state index contributed by atoms with van der Waals surface area (Å²) in [5, 5.41) is 0. The third-order valence-electron chi connectivity index (χ3n) is 3.52. The molecule has 2 rings (SSSR count). The minimum absolute atomic E-state index is 0.0239. The van der Waals surface area contributed by atoms with Gasteiger partial charge in [-0.3, -0.25) is 4.90 Å². The first-order valence-electron chi connectivity index (χ1n) is 6.97. The van der Waals surface area contributed by atoms with E-state index >= 15 is 0 Å². The number of nitrogens with one attached hydrogen (secondary N) is 1. The van der Waals surface area contributed by atoms with Crippen molar-refractivity contribution in [3.63, 3.8) is 0 Å². The van der Waals surface area contributed by atoms with Gasteiger partial charge in [0.2, 0.25) is 0 Å². The summed E-state index contributed by atoms with van der Waals surface area (Å²) in [6.07, 6.45) is -3.34. The third kappa shape index (κ3) is 3.98. The average Bonchev–Trinajstić information content (AvgIpc) is 2.47. The van der Waals surface area contributed by atoms with Crippen LogP contribution in [0.15, 0.2) is 12.1 Å². The average molecular weight is 303 g/mol. The van der Waals surface area contributed by atoms with Crippen molar-refractivity contribution < 1.29 is 13.2 Å². The molecule has 0 unspecified atom stereocenters. The first-order valence-corrected chi connectivity index (χ1v) is 6.97. The number of halogens is 3. The zero-order chi connectivity index (χ0) is 15.5. The van der Waals surface area contributed by atoms with Gasteiger partial charge < -0.3 is 10.3 Å². The Kier molecular flexibility index (Phi) is 4.89. The number of hydrogen-bond donors (Lipinski definition) is 2. The number of piperazine rings is 1. The summed E-state index contributed by atoms with van der Waals surface area (Å²) in [7, 11) is 0. The van der Waals surface area contributed by atoms with Crippen molar-refractivity contribution in [1.29, 1.82) is 0 Å². The molecule has 0 aliphatic carbocycles. The molecule has 21 heavy (non-hydrogen) atoms. The van der Waals surface area contributed by atoms with Gasteiger partial charge in [0, 0.05) is 26.2 Å². The topological polar surface area (TPSA) is 57.4 Å². The molecule has 1 aliphatic heterocycles. The predicted octanol–water partition coefficient (Wildman–Crippen LogP) is 1.92. The van der Waals surface area contributed by atoms with Crippen LogP contribution in [-0.4, -0.2) is 42.6 Å². The number of nitrogens with zero attached hydrogens (tertiary/aromatic N) is 3. The molecule has 8 heteroatoms. The normalized spacial score (nSPS) is 17.1. The summed E-state index contributed by atoms with van der Waals surface area (Å²) in [6.45, 7) is 6.12. The zero-order valence-electron chi connectivity index (χ0n) is 12.0. The van der Waals surface area contributed by atoms with Crippen molar-refractivity contribution in [2.75, 3.05) is 43.0 Å². The van der Waals surface area contributed by atoms with Gasteiger partial charge in [0.1, 0.15) is 11.6 Å². The number of alkyl halides is 3. The number of nitrogen functional groups attached to an aromatic ring is 1. The molecule has 2 heterocycles. The Morgan fingerprint density at radius 2 is 1.90 bits per heavy atom. The van der Waals surface area contributed by atoms with Gasteiger partial charge >= 0.3 is 6.18 Å². The molecular weight excluding hydrogens is 283 g/mol. The van der Waals surface area contributed by atoms with E-state index in [2.05, 4.69) is 22.2 Å². The van der Waals surface area contributed by atoms with Crippen molar-refractivity contribution in [1.82, 2.24) is 9.88 Å². The van der Waals surface area contributed by atoms with Gasteiger partial charge in [-0.05, 0) is 25.1 Å². The lowest BCUT2D eigenvalue weighted by atomic mass is 10.2. The molecule has 1 aromatic rings. The lowest BCUT2D eigenvalue weighted by Crippen LogP contribution is -2.46. The van der Waals surface area contributed by atoms with Gasteiger partial charge in [0.15, 0.2) is 0 Å². The zero-order valence-corrected chi connectivity index (χ0v) is 12.0. The van der Waals surface area contributed by atoms with Crippen LogP contribution in [0.1, 0.15) is 18.9 Å². The quantitative estimate of drug-likeness (QED) is 0.657. The van der Waals surface area contributed by atoms with E-state index in [0.717, 1.165) is 38.2 Å². The number of rotatable bonds is 4. The number of anilines is 2. The maximum atomic E-state index is 12.9. The van der Waals surface area contributed by atoms with Crippen molar-refractivity contribution in [3.8, 4) is 0 Å².